The number of aromatic nitrogens is 4. The van der Waals surface area contributed by atoms with Gasteiger partial charge in [0.25, 0.3) is 0 Å². The van der Waals surface area contributed by atoms with Crippen molar-refractivity contribution in [3.63, 3.8) is 0 Å². The smallest absolute Gasteiger partial charge is 0.364 e. The number of H-pyrrole nitrogens is 1. The van der Waals surface area contributed by atoms with Gasteiger partial charge < -0.3 is 10.4 Å². The minimum Gasteiger partial charge on any atom is -0.387 e. The average molecular weight is 269 g/mol. The second kappa shape index (κ2) is 4.99. The topological polar surface area (TPSA) is 95.3 Å². The lowest BCUT2D eigenvalue weighted by Gasteiger charge is -2.22. The van der Waals surface area contributed by atoms with Gasteiger partial charge in [-0.05, 0) is 25.3 Å². The number of anilines is 1. The molecule has 0 amide bonds. The molecule has 8 heteroatoms. The van der Waals surface area contributed by atoms with Crippen molar-refractivity contribution in [1.82, 2.24) is 19.8 Å². The molecule has 7 nitrogen and oxygen atoms in total. The van der Waals surface area contributed by atoms with E-state index in [1.165, 1.54) is 4.52 Å². The van der Waals surface area contributed by atoms with Gasteiger partial charge in [-0.1, -0.05) is 0 Å². The van der Waals surface area contributed by atoms with E-state index in [0.29, 0.717) is 23.8 Å². The molecule has 0 aliphatic heterocycles. The molecule has 3 N–H and O–H groups in total. The lowest BCUT2D eigenvalue weighted by atomic mass is 10.1. The van der Waals surface area contributed by atoms with Crippen molar-refractivity contribution in [3.05, 3.63) is 22.6 Å². The number of aromatic amines is 1. The maximum atomic E-state index is 11.3. The SMILES string of the molecule is CSCC(C)(O)CNc1ccc2n[nH]c(=O)n2n1. The Labute approximate surface area is 108 Å². The molecule has 0 saturated heterocycles. The van der Waals surface area contributed by atoms with Crippen LogP contribution in [0.2, 0.25) is 0 Å². The minimum absolute atomic E-state index is 0.360. The Morgan fingerprint density at radius 3 is 3.11 bits per heavy atom. The van der Waals surface area contributed by atoms with E-state index in [1.807, 2.05) is 6.26 Å². The van der Waals surface area contributed by atoms with Gasteiger partial charge in [0.1, 0.15) is 5.82 Å². The summed E-state index contributed by atoms with van der Waals surface area (Å²) in [6, 6.07) is 3.39. The van der Waals surface area contributed by atoms with Gasteiger partial charge in [-0.25, -0.2) is 9.89 Å². The molecule has 0 fully saturated rings. The van der Waals surface area contributed by atoms with E-state index in [4.69, 9.17) is 0 Å². The summed E-state index contributed by atoms with van der Waals surface area (Å²) in [6.45, 7) is 2.11. The molecule has 0 spiro atoms. The van der Waals surface area contributed by atoms with Gasteiger partial charge >= 0.3 is 5.69 Å². The van der Waals surface area contributed by atoms with E-state index in [9.17, 15) is 9.90 Å². The standard InChI is InChI=1S/C10H15N5O2S/c1-10(17,6-18-2)5-11-7-3-4-8-12-13-9(16)15(8)14-7/h3-4,17H,5-6H2,1-2H3,(H,11,14)(H,13,16). The highest BCUT2D eigenvalue weighted by atomic mass is 32.2. The van der Waals surface area contributed by atoms with E-state index >= 15 is 0 Å². The fraction of sp³-hybridized carbons (Fsp3) is 0.500. The number of nitrogens with zero attached hydrogens (tertiary/aromatic N) is 3. The summed E-state index contributed by atoms with van der Waals surface area (Å²) >= 11 is 1.57. The molecule has 98 valence electrons. The largest absolute Gasteiger partial charge is 0.387 e. The highest BCUT2D eigenvalue weighted by molar-refractivity contribution is 7.98. The van der Waals surface area contributed by atoms with Crippen molar-refractivity contribution < 1.29 is 5.11 Å². The van der Waals surface area contributed by atoms with E-state index in [-0.39, 0.29) is 5.69 Å². The predicted octanol–water partition coefficient (Wildman–Crippen LogP) is -0.0565. The molecule has 2 aromatic rings. The third kappa shape index (κ3) is 2.82. The van der Waals surface area contributed by atoms with Crippen molar-refractivity contribution in [1.29, 1.82) is 0 Å². The first-order chi connectivity index (χ1) is 8.52. The lowest BCUT2D eigenvalue weighted by Crippen LogP contribution is -2.36. The molecule has 1 unspecified atom stereocenters. The maximum absolute atomic E-state index is 11.3. The fourth-order valence-corrected chi connectivity index (χ4v) is 2.26. The van der Waals surface area contributed by atoms with Crippen LogP contribution in [0.25, 0.3) is 5.65 Å². The monoisotopic (exact) mass is 269 g/mol. The van der Waals surface area contributed by atoms with Gasteiger partial charge in [0, 0.05) is 12.3 Å². The summed E-state index contributed by atoms with van der Waals surface area (Å²) in [5.74, 6) is 1.14. The van der Waals surface area contributed by atoms with Crippen LogP contribution in [0.3, 0.4) is 0 Å². The van der Waals surface area contributed by atoms with E-state index in [1.54, 1.807) is 30.8 Å². The van der Waals surface area contributed by atoms with E-state index in [0.717, 1.165) is 0 Å². The average Bonchev–Trinajstić information content (AvgIpc) is 2.69. The molecule has 2 heterocycles. The summed E-state index contributed by atoms with van der Waals surface area (Å²) in [7, 11) is 0. The van der Waals surface area contributed by atoms with Crippen LogP contribution in [-0.2, 0) is 0 Å². The van der Waals surface area contributed by atoms with Crippen molar-refractivity contribution in [2.45, 2.75) is 12.5 Å². The van der Waals surface area contributed by atoms with Crippen LogP contribution in [0, 0.1) is 0 Å². The Hall–Kier alpha value is -1.54. The van der Waals surface area contributed by atoms with Crippen LogP contribution >= 0.6 is 11.8 Å². The number of aliphatic hydroxyl groups is 1. The van der Waals surface area contributed by atoms with Crippen molar-refractivity contribution in [3.8, 4) is 0 Å². The molecule has 0 aliphatic rings. The zero-order chi connectivity index (χ0) is 13.2. The minimum atomic E-state index is -0.822. The van der Waals surface area contributed by atoms with Crippen LogP contribution in [0.4, 0.5) is 5.82 Å². The molecule has 0 aromatic carbocycles. The third-order valence-electron chi connectivity index (χ3n) is 2.38. The Bertz CT molecular complexity index is 591. The quantitative estimate of drug-likeness (QED) is 0.704. The molecular formula is C10H15N5O2S. The zero-order valence-corrected chi connectivity index (χ0v) is 11.0. The molecule has 2 aromatic heterocycles. The summed E-state index contributed by atoms with van der Waals surface area (Å²) < 4.78 is 1.17. The van der Waals surface area contributed by atoms with Crippen molar-refractivity contribution in [2.75, 3.05) is 23.9 Å². The first kappa shape index (κ1) is 12.9. The molecule has 1 atom stereocenters. The third-order valence-corrected chi connectivity index (χ3v) is 3.29. The van der Waals surface area contributed by atoms with Gasteiger partial charge in [-0.2, -0.15) is 21.4 Å². The van der Waals surface area contributed by atoms with Gasteiger partial charge in [0.05, 0.1) is 5.60 Å². The van der Waals surface area contributed by atoms with Crippen LogP contribution in [0.5, 0.6) is 0 Å². The number of nitrogens with one attached hydrogen (secondary N) is 2. The lowest BCUT2D eigenvalue weighted by molar-refractivity contribution is 0.0996. The molecular weight excluding hydrogens is 254 g/mol. The maximum Gasteiger partial charge on any atom is 0.364 e. The van der Waals surface area contributed by atoms with E-state index in [2.05, 4.69) is 20.6 Å². The highest BCUT2D eigenvalue weighted by Gasteiger charge is 2.19. The van der Waals surface area contributed by atoms with Crippen molar-refractivity contribution >= 4 is 23.2 Å². The van der Waals surface area contributed by atoms with Gasteiger partial charge in [-0.3, -0.25) is 0 Å². The molecule has 0 bridgehead atoms. The first-order valence-electron chi connectivity index (χ1n) is 5.41. The van der Waals surface area contributed by atoms with Crippen molar-refractivity contribution in [2.24, 2.45) is 0 Å². The van der Waals surface area contributed by atoms with Crippen LogP contribution < -0.4 is 11.0 Å². The molecule has 0 radical (unpaired) electrons. The second-order valence-corrected chi connectivity index (χ2v) is 5.17. The summed E-state index contributed by atoms with van der Waals surface area (Å²) in [5, 5.41) is 23.2. The van der Waals surface area contributed by atoms with Crippen LogP contribution in [-0.4, -0.2) is 49.1 Å². The van der Waals surface area contributed by atoms with Crippen LogP contribution in [0.15, 0.2) is 16.9 Å². The number of hydrogen-bond acceptors (Lipinski definition) is 6. The summed E-state index contributed by atoms with van der Waals surface area (Å²) in [6.07, 6.45) is 1.93. The Kier molecular flexibility index (Phi) is 3.58. The fourth-order valence-electron chi connectivity index (χ4n) is 1.54. The van der Waals surface area contributed by atoms with Gasteiger partial charge in [0.2, 0.25) is 0 Å². The Morgan fingerprint density at radius 2 is 2.39 bits per heavy atom. The summed E-state index contributed by atoms with van der Waals surface area (Å²) in [4.78, 5) is 11.3. The number of thioether (sulfide) groups is 1. The Morgan fingerprint density at radius 1 is 1.61 bits per heavy atom. The molecule has 18 heavy (non-hydrogen) atoms. The first-order valence-corrected chi connectivity index (χ1v) is 6.81. The molecule has 0 saturated carbocycles. The number of rotatable bonds is 5. The van der Waals surface area contributed by atoms with Crippen LogP contribution in [0.1, 0.15) is 6.92 Å². The highest BCUT2D eigenvalue weighted by Crippen LogP contribution is 2.12. The van der Waals surface area contributed by atoms with E-state index < -0.39 is 5.60 Å². The van der Waals surface area contributed by atoms with Gasteiger partial charge in [0.15, 0.2) is 5.65 Å². The Balaban J connectivity index is 2.12. The number of hydrogen-bond donors (Lipinski definition) is 3. The normalized spacial score (nSPS) is 14.6. The second-order valence-electron chi connectivity index (χ2n) is 4.30. The molecule has 0 aliphatic carbocycles. The molecule has 2 rings (SSSR count). The zero-order valence-electron chi connectivity index (χ0n) is 10.2. The predicted molar refractivity (Wildman–Crippen MR) is 71.1 cm³/mol. The summed E-state index contributed by atoms with van der Waals surface area (Å²) in [5.41, 5.74) is -0.747. The number of fused-ring (bicyclic) bond motifs is 1. The van der Waals surface area contributed by atoms with Gasteiger partial charge in [-0.15, -0.1) is 5.10 Å².